The molecule has 0 unspecified atom stereocenters. The van der Waals surface area contributed by atoms with E-state index in [0.29, 0.717) is 83.7 Å². The number of benzene rings is 5. The molecule has 3 aliphatic rings. The Morgan fingerprint density at radius 2 is 1.53 bits per heavy atom. The highest BCUT2D eigenvalue weighted by molar-refractivity contribution is 6.03. The molecule has 0 aromatic heterocycles. The number of aliphatic hydroxyl groups is 2. The molecule has 2 N–H and O–H groups in total. The molecule has 1 amide bonds. The van der Waals surface area contributed by atoms with E-state index >= 15 is 4.79 Å². The molecule has 1 aliphatic heterocycles. The molecular formula is C57H57FN4O12. The van der Waals surface area contributed by atoms with Crippen molar-refractivity contribution < 1.29 is 53.1 Å². The van der Waals surface area contributed by atoms with Crippen LogP contribution in [0.25, 0.3) is 6.08 Å². The van der Waals surface area contributed by atoms with Crippen LogP contribution in [0, 0.1) is 43.8 Å². The fraction of sp³-hybridized carbons (Fsp3) is 0.316. The molecule has 1 saturated carbocycles. The van der Waals surface area contributed by atoms with Crippen molar-refractivity contribution in [2.24, 2.45) is 22.9 Å². The molecule has 5 aromatic rings. The average Bonchev–Trinajstić information content (AvgIpc) is 3.41. The third-order valence-corrected chi connectivity index (χ3v) is 13.9. The smallest absolute Gasteiger partial charge is 0.269 e. The van der Waals surface area contributed by atoms with Gasteiger partial charge in [-0.1, -0.05) is 54.4 Å². The van der Waals surface area contributed by atoms with Crippen molar-refractivity contribution >= 4 is 35.4 Å². The van der Waals surface area contributed by atoms with Crippen molar-refractivity contribution in [2.75, 3.05) is 19.8 Å². The fourth-order valence-corrected chi connectivity index (χ4v) is 10.5. The van der Waals surface area contributed by atoms with Gasteiger partial charge in [0, 0.05) is 73.6 Å². The molecule has 0 radical (unpaired) electrons. The third-order valence-electron chi connectivity index (χ3n) is 13.9. The Labute approximate surface area is 427 Å². The molecule has 5 aromatic carbocycles. The molecule has 0 bridgehead atoms. The van der Waals surface area contributed by atoms with Crippen LogP contribution in [0.3, 0.4) is 0 Å². The van der Waals surface area contributed by atoms with E-state index in [9.17, 15) is 39.6 Å². The molecule has 74 heavy (non-hydrogen) atoms. The minimum atomic E-state index is -1.68. The largest absolute Gasteiger partial charge is 0.459 e. The minimum absolute atomic E-state index is 0.00685. The first kappa shape index (κ1) is 52.5. The van der Waals surface area contributed by atoms with E-state index in [4.69, 9.17) is 24.2 Å². The lowest BCUT2D eigenvalue weighted by Crippen LogP contribution is -2.70. The molecule has 1 heterocycles. The number of non-ortho nitro benzene ring substituents is 2. The van der Waals surface area contributed by atoms with E-state index < -0.39 is 45.2 Å². The van der Waals surface area contributed by atoms with Crippen molar-refractivity contribution in [3.63, 3.8) is 0 Å². The number of halogens is 1. The van der Waals surface area contributed by atoms with Gasteiger partial charge in [0.05, 0.1) is 28.1 Å². The Morgan fingerprint density at radius 3 is 2.20 bits per heavy atom. The molecular weight excluding hydrogens is 952 g/mol. The van der Waals surface area contributed by atoms with Crippen molar-refractivity contribution in [2.45, 2.75) is 75.8 Å². The number of ether oxygens (including phenoxy) is 3. The predicted molar refractivity (Wildman–Crippen MR) is 274 cm³/mol. The Morgan fingerprint density at radius 1 is 0.851 bits per heavy atom. The fourth-order valence-electron chi connectivity index (χ4n) is 10.5. The number of amides is 1. The van der Waals surface area contributed by atoms with E-state index in [1.54, 1.807) is 71.6 Å². The second-order valence-corrected chi connectivity index (χ2v) is 18.5. The van der Waals surface area contributed by atoms with Crippen LogP contribution in [0.1, 0.15) is 83.5 Å². The van der Waals surface area contributed by atoms with Gasteiger partial charge in [-0.15, -0.1) is 6.58 Å². The van der Waals surface area contributed by atoms with Gasteiger partial charge in [0.25, 0.3) is 11.4 Å². The van der Waals surface area contributed by atoms with E-state index in [0.717, 1.165) is 17.4 Å². The summed E-state index contributed by atoms with van der Waals surface area (Å²) in [5.74, 6) is -2.69. The predicted octanol–water partition coefficient (Wildman–Crippen LogP) is 10.8. The molecule has 17 heteroatoms. The van der Waals surface area contributed by atoms with E-state index in [1.165, 1.54) is 54.6 Å². The zero-order valence-electron chi connectivity index (χ0n) is 40.6. The number of carbonyl (C=O) groups is 2. The lowest BCUT2D eigenvalue weighted by Gasteiger charge is -2.60. The van der Waals surface area contributed by atoms with Crippen molar-refractivity contribution in [1.29, 1.82) is 0 Å². The van der Waals surface area contributed by atoms with Crippen LogP contribution in [-0.4, -0.2) is 74.5 Å². The minimum Gasteiger partial charge on any atom is -0.459 e. The standard InChI is InChI=1S/C57H57FN4O12/c1-2-30-71-57-53(60(35-39-12-19-43(58)20-13-39)54(66)27-18-38-14-21-44(22-15-38)61(67)68)34-51(59-72-37-40-16-23-45(24-17-40)62(69)70)49-32-42(9-3-5-28-63)48(11-4-6-29-64)55(56(49)57)50-33-47(25-26-52(50)74-57)73-46-10-7-8-41(31-46)36-65/h2,7-8,10,12-27,31-33,36,42,48,53,55-56,63-64H,1,3-6,9,11,28-30,34-35,37H2/t42-,48+,53-,55+,56+,57+/m0/s1. The maximum Gasteiger partial charge on any atom is 0.269 e. The monoisotopic (exact) mass is 1010 g/mol. The lowest BCUT2D eigenvalue weighted by molar-refractivity contribution is -0.385. The third kappa shape index (κ3) is 12.0. The summed E-state index contributed by atoms with van der Waals surface area (Å²) in [7, 11) is 0. The second-order valence-electron chi connectivity index (χ2n) is 18.5. The topological polar surface area (TPSA) is 213 Å². The van der Waals surface area contributed by atoms with Gasteiger partial charge in [-0.2, -0.15) is 0 Å². The second kappa shape index (κ2) is 24.2. The molecule has 8 rings (SSSR count). The number of aliphatic hydroxyl groups excluding tert-OH is 2. The van der Waals surface area contributed by atoms with Gasteiger partial charge in [0.2, 0.25) is 11.7 Å². The maximum absolute atomic E-state index is 15.2. The first-order valence-electron chi connectivity index (χ1n) is 24.6. The number of nitro benzene ring substituents is 2. The van der Waals surface area contributed by atoms with Crippen molar-refractivity contribution in [1.82, 2.24) is 4.90 Å². The quantitative estimate of drug-likeness (QED) is 0.0148. The Hall–Kier alpha value is -7.86. The molecule has 0 spiro atoms. The summed E-state index contributed by atoms with van der Waals surface area (Å²) >= 11 is 0. The van der Waals surface area contributed by atoms with Gasteiger partial charge in [0.15, 0.2) is 0 Å². The van der Waals surface area contributed by atoms with Gasteiger partial charge in [-0.3, -0.25) is 29.8 Å². The van der Waals surface area contributed by atoms with Crippen LogP contribution in [0.4, 0.5) is 15.8 Å². The average molecular weight is 1010 g/mol. The van der Waals surface area contributed by atoms with Crippen molar-refractivity contribution in [3.05, 3.63) is 200 Å². The number of aldehydes is 1. The van der Waals surface area contributed by atoms with Crippen LogP contribution in [0.5, 0.6) is 17.2 Å². The summed E-state index contributed by atoms with van der Waals surface area (Å²) in [6, 6.07) is 28.8. The zero-order valence-corrected chi connectivity index (χ0v) is 40.6. The number of oxime groups is 1. The number of nitrogens with zero attached hydrogens (tertiary/aromatic N) is 4. The molecule has 16 nitrogen and oxygen atoms in total. The SMILES string of the molecule is C=CCO[C@@]12Oc3ccc(Oc4cccc(C=O)c4)cc3[C@H]3[C@H](CCCCO)[C@@H](CCCCO)C=C(C(=NOCc4ccc([N+](=O)[O-])cc4)C[C@@H]1N(Cc1ccc(F)cc1)C(=O)C=Cc1ccc([N+](=O)[O-])cc1)[C@H]32. The molecule has 0 saturated heterocycles. The molecule has 2 aliphatic carbocycles. The van der Waals surface area contributed by atoms with Gasteiger partial charge in [-0.25, -0.2) is 4.39 Å². The number of nitro groups is 2. The number of hydrogen-bond donors (Lipinski definition) is 2. The number of unbranched alkanes of at least 4 members (excludes halogenated alkanes) is 2. The highest BCUT2D eigenvalue weighted by Gasteiger charge is 2.65. The van der Waals surface area contributed by atoms with E-state index in [-0.39, 0.29) is 62.6 Å². The number of allylic oxidation sites excluding steroid dienone is 1. The summed E-state index contributed by atoms with van der Waals surface area (Å²) in [6.45, 7) is 3.86. The maximum atomic E-state index is 15.2. The van der Waals surface area contributed by atoms with Crippen LogP contribution in [0.15, 0.2) is 151 Å². The Kier molecular flexibility index (Phi) is 17.2. The highest BCUT2D eigenvalue weighted by atomic mass is 19.1. The first-order chi connectivity index (χ1) is 35.9. The first-order valence-corrected chi connectivity index (χ1v) is 24.6. The van der Waals surface area contributed by atoms with Crippen LogP contribution < -0.4 is 9.47 Å². The molecule has 384 valence electrons. The van der Waals surface area contributed by atoms with Gasteiger partial charge in [-0.05, 0) is 133 Å². The normalized spacial score (nSPS) is 21.1. The van der Waals surface area contributed by atoms with Crippen molar-refractivity contribution in [3.8, 4) is 17.2 Å². The van der Waals surface area contributed by atoms with E-state index in [2.05, 4.69) is 12.7 Å². The summed E-state index contributed by atoms with van der Waals surface area (Å²) in [6.07, 6.45) is 11.3. The van der Waals surface area contributed by atoms with Gasteiger partial charge in [0.1, 0.15) is 42.0 Å². The lowest BCUT2D eigenvalue weighted by atomic mass is 9.55. The van der Waals surface area contributed by atoms with Gasteiger partial charge >= 0.3 is 0 Å². The number of hydrogen-bond acceptors (Lipinski definition) is 13. The number of carbonyl (C=O) groups excluding carboxylic acids is 2. The number of rotatable bonds is 24. The summed E-state index contributed by atoms with van der Waals surface area (Å²) in [4.78, 5) is 56.7. The highest BCUT2D eigenvalue weighted by Crippen LogP contribution is 2.62. The van der Waals surface area contributed by atoms with Crippen LogP contribution >= 0.6 is 0 Å². The Balaban J connectivity index is 1.34. The number of fused-ring (bicyclic) bond motifs is 2. The zero-order chi connectivity index (χ0) is 52.2. The summed E-state index contributed by atoms with van der Waals surface area (Å²) in [5, 5.41) is 47.9. The molecule has 6 atom stereocenters. The molecule has 1 fully saturated rings. The summed E-state index contributed by atoms with van der Waals surface area (Å²) < 4.78 is 35.5. The van der Waals surface area contributed by atoms with Crippen LogP contribution in [-0.2, 0) is 27.5 Å². The van der Waals surface area contributed by atoms with E-state index in [1.807, 2.05) is 12.1 Å². The van der Waals surface area contributed by atoms with Gasteiger partial charge < -0.3 is 34.2 Å². The summed E-state index contributed by atoms with van der Waals surface area (Å²) in [5.41, 5.74) is 3.96. The Bertz CT molecular complexity index is 2910. The van der Waals surface area contributed by atoms with Crippen LogP contribution in [0.2, 0.25) is 0 Å².